The summed E-state index contributed by atoms with van der Waals surface area (Å²) in [7, 11) is -3.26. The highest BCUT2D eigenvalue weighted by atomic mass is 32.2. The molecule has 0 saturated heterocycles. The molecule has 0 fully saturated rings. The Balaban J connectivity index is 2.10. The first-order chi connectivity index (χ1) is 11.4. The fourth-order valence-electron chi connectivity index (χ4n) is 2.18. The molecule has 0 N–H and O–H groups in total. The van der Waals surface area contributed by atoms with E-state index in [1.807, 2.05) is 6.26 Å². The molecule has 0 aliphatic carbocycles. The number of rotatable bonds is 4. The van der Waals surface area contributed by atoms with E-state index in [9.17, 15) is 12.8 Å². The van der Waals surface area contributed by atoms with Gasteiger partial charge in [-0.05, 0) is 54.8 Å². The molecule has 124 valence electrons. The summed E-state index contributed by atoms with van der Waals surface area (Å²) in [6.45, 7) is 0. The lowest BCUT2D eigenvalue weighted by Crippen LogP contribution is -2.01. The van der Waals surface area contributed by atoms with Gasteiger partial charge < -0.3 is 0 Å². The second-order valence-electron chi connectivity index (χ2n) is 5.11. The second kappa shape index (κ2) is 6.37. The molecule has 3 aromatic rings. The molecule has 0 spiro atoms. The van der Waals surface area contributed by atoms with E-state index in [4.69, 9.17) is 0 Å². The van der Waals surface area contributed by atoms with Crippen molar-refractivity contribution in [1.29, 1.82) is 0 Å². The summed E-state index contributed by atoms with van der Waals surface area (Å²) >= 11 is 1.39. The molecule has 24 heavy (non-hydrogen) atoms. The largest absolute Gasteiger partial charge is 0.224 e. The van der Waals surface area contributed by atoms with E-state index in [0.29, 0.717) is 16.7 Å². The van der Waals surface area contributed by atoms with Gasteiger partial charge in [-0.1, -0.05) is 11.8 Å². The van der Waals surface area contributed by atoms with Crippen LogP contribution in [-0.4, -0.2) is 35.7 Å². The van der Waals surface area contributed by atoms with Gasteiger partial charge in [0.2, 0.25) is 5.16 Å². The Labute approximate surface area is 143 Å². The van der Waals surface area contributed by atoms with E-state index in [1.54, 1.807) is 28.9 Å². The molecule has 0 amide bonds. The zero-order valence-electron chi connectivity index (χ0n) is 13.0. The van der Waals surface area contributed by atoms with Crippen molar-refractivity contribution < 1.29 is 12.8 Å². The van der Waals surface area contributed by atoms with Gasteiger partial charge >= 0.3 is 0 Å². The third-order valence-electron chi connectivity index (χ3n) is 3.38. The van der Waals surface area contributed by atoms with Crippen LogP contribution in [0.5, 0.6) is 0 Å². The van der Waals surface area contributed by atoms with Gasteiger partial charge in [0.15, 0.2) is 15.7 Å². The first kappa shape index (κ1) is 16.7. The Morgan fingerprint density at radius 1 is 1.04 bits per heavy atom. The molecule has 0 radical (unpaired) electrons. The number of nitrogens with zero attached hydrogens (tertiary/aromatic N) is 3. The number of hydrogen-bond donors (Lipinski definition) is 0. The highest BCUT2D eigenvalue weighted by Gasteiger charge is 2.14. The van der Waals surface area contributed by atoms with Crippen LogP contribution in [0.15, 0.2) is 58.6 Å². The standard InChI is InChI=1S/C16H14FN3O2S2/c1-23-16-18-15(11-3-9-14(10-4-11)24(2,21)22)20(19-16)13-7-5-12(17)6-8-13/h3-10H,1-2H3. The number of halogens is 1. The predicted molar refractivity (Wildman–Crippen MR) is 91.6 cm³/mol. The Hall–Kier alpha value is -2.19. The average Bonchev–Trinajstić information content (AvgIpc) is 2.99. The molecule has 0 aliphatic rings. The van der Waals surface area contributed by atoms with Crippen molar-refractivity contribution in [2.45, 2.75) is 10.1 Å². The van der Waals surface area contributed by atoms with Gasteiger partial charge in [-0.15, -0.1) is 5.10 Å². The average molecular weight is 363 g/mol. The number of hydrogen-bond acceptors (Lipinski definition) is 5. The summed E-state index contributed by atoms with van der Waals surface area (Å²) in [5.74, 6) is 0.231. The normalized spacial score (nSPS) is 11.6. The quantitative estimate of drug-likeness (QED) is 0.666. The smallest absolute Gasteiger partial charge is 0.209 e. The van der Waals surface area contributed by atoms with Crippen LogP contribution in [0.25, 0.3) is 17.1 Å². The maximum Gasteiger partial charge on any atom is 0.209 e. The summed E-state index contributed by atoms with van der Waals surface area (Å²) in [5, 5.41) is 4.97. The first-order valence-corrected chi connectivity index (χ1v) is 10.1. The van der Waals surface area contributed by atoms with Crippen molar-refractivity contribution in [3.8, 4) is 17.1 Å². The Morgan fingerprint density at radius 3 is 2.21 bits per heavy atom. The van der Waals surface area contributed by atoms with Gasteiger partial charge in [0, 0.05) is 11.8 Å². The van der Waals surface area contributed by atoms with E-state index in [1.165, 1.54) is 36.0 Å². The molecule has 5 nitrogen and oxygen atoms in total. The minimum absolute atomic E-state index is 0.240. The molecule has 1 heterocycles. The summed E-state index contributed by atoms with van der Waals surface area (Å²) in [6.07, 6.45) is 3.02. The lowest BCUT2D eigenvalue weighted by atomic mass is 10.2. The Bertz CT molecular complexity index is 966. The highest BCUT2D eigenvalue weighted by Crippen LogP contribution is 2.25. The number of benzene rings is 2. The minimum Gasteiger partial charge on any atom is -0.224 e. The molecule has 1 aromatic heterocycles. The SMILES string of the molecule is CSc1nc(-c2ccc(S(C)(=O)=O)cc2)n(-c2ccc(F)cc2)n1. The van der Waals surface area contributed by atoms with Crippen LogP contribution in [0.3, 0.4) is 0 Å². The van der Waals surface area contributed by atoms with Crippen LogP contribution in [-0.2, 0) is 9.84 Å². The van der Waals surface area contributed by atoms with E-state index in [2.05, 4.69) is 10.1 Å². The van der Waals surface area contributed by atoms with Crippen LogP contribution in [0.2, 0.25) is 0 Å². The van der Waals surface area contributed by atoms with Crippen molar-refractivity contribution in [3.63, 3.8) is 0 Å². The summed E-state index contributed by atoms with van der Waals surface area (Å²) in [5.41, 5.74) is 1.39. The lowest BCUT2D eigenvalue weighted by Gasteiger charge is -2.06. The van der Waals surface area contributed by atoms with Gasteiger partial charge in [0.25, 0.3) is 0 Å². The number of sulfone groups is 1. The van der Waals surface area contributed by atoms with E-state index in [-0.39, 0.29) is 10.7 Å². The summed E-state index contributed by atoms with van der Waals surface area (Å²) in [4.78, 5) is 4.70. The van der Waals surface area contributed by atoms with E-state index in [0.717, 1.165) is 11.8 Å². The van der Waals surface area contributed by atoms with Crippen LogP contribution in [0, 0.1) is 5.82 Å². The molecular weight excluding hydrogens is 349 g/mol. The lowest BCUT2D eigenvalue weighted by molar-refractivity contribution is 0.602. The van der Waals surface area contributed by atoms with Crippen LogP contribution in [0.4, 0.5) is 4.39 Å². The zero-order valence-corrected chi connectivity index (χ0v) is 14.6. The van der Waals surface area contributed by atoms with Crippen LogP contribution < -0.4 is 0 Å². The fourth-order valence-corrected chi connectivity index (χ4v) is 3.15. The van der Waals surface area contributed by atoms with E-state index >= 15 is 0 Å². The van der Waals surface area contributed by atoms with Crippen LogP contribution >= 0.6 is 11.8 Å². The van der Waals surface area contributed by atoms with Crippen molar-refractivity contribution in [3.05, 3.63) is 54.3 Å². The number of thioether (sulfide) groups is 1. The number of aromatic nitrogens is 3. The molecule has 2 aromatic carbocycles. The van der Waals surface area contributed by atoms with Crippen LogP contribution in [0.1, 0.15) is 0 Å². The topological polar surface area (TPSA) is 64.8 Å². The molecule has 8 heteroatoms. The third kappa shape index (κ3) is 3.34. The summed E-state index contributed by atoms with van der Waals surface area (Å²) < 4.78 is 37.9. The van der Waals surface area contributed by atoms with Crippen molar-refractivity contribution in [2.75, 3.05) is 12.5 Å². The van der Waals surface area contributed by atoms with Crippen molar-refractivity contribution in [2.24, 2.45) is 0 Å². The molecular formula is C16H14FN3O2S2. The van der Waals surface area contributed by atoms with E-state index < -0.39 is 9.84 Å². The maximum absolute atomic E-state index is 13.1. The second-order valence-corrected chi connectivity index (χ2v) is 7.90. The monoisotopic (exact) mass is 363 g/mol. The molecule has 0 aliphatic heterocycles. The molecule has 0 unspecified atom stereocenters. The van der Waals surface area contributed by atoms with Gasteiger partial charge in [-0.25, -0.2) is 22.5 Å². The molecule has 0 saturated carbocycles. The highest BCUT2D eigenvalue weighted by molar-refractivity contribution is 7.98. The molecule has 0 bridgehead atoms. The Kier molecular flexibility index (Phi) is 4.42. The van der Waals surface area contributed by atoms with Gasteiger partial charge in [-0.2, -0.15) is 0 Å². The van der Waals surface area contributed by atoms with Crippen molar-refractivity contribution in [1.82, 2.24) is 14.8 Å². The summed E-state index contributed by atoms with van der Waals surface area (Å²) in [6, 6.07) is 12.4. The first-order valence-electron chi connectivity index (χ1n) is 6.96. The third-order valence-corrected chi connectivity index (χ3v) is 5.05. The molecule has 0 atom stereocenters. The maximum atomic E-state index is 13.1. The van der Waals surface area contributed by atoms with Gasteiger partial charge in [0.1, 0.15) is 5.82 Å². The molecule has 3 rings (SSSR count). The minimum atomic E-state index is -3.26. The Morgan fingerprint density at radius 2 is 1.67 bits per heavy atom. The van der Waals surface area contributed by atoms with Crippen molar-refractivity contribution >= 4 is 21.6 Å². The zero-order chi connectivity index (χ0) is 17.3. The fraction of sp³-hybridized carbons (Fsp3) is 0.125. The predicted octanol–water partition coefficient (Wildman–Crippen LogP) is 3.20. The van der Waals surface area contributed by atoms with Gasteiger partial charge in [-0.3, -0.25) is 0 Å². The van der Waals surface area contributed by atoms with Gasteiger partial charge in [0.05, 0.1) is 10.6 Å².